The maximum atomic E-state index is 12.1. The first-order valence-electron chi connectivity index (χ1n) is 15.3. The van der Waals surface area contributed by atoms with Crippen LogP contribution in [0.3, 0.4) is 0 Å². The molecule has 14 nitrogen and oxygen atoms in total. The highest BCUT2D eigenvalue weighted by atomic mass is 35.5. The second-order valence-corrected chi connectivity index (χ2v) is 11.8. The van der Waals surface area contributed by atoms with Crippen LogP contribution in [0, 0.1) is 26.0 Å². The van der Waals surface area contributed by atoms with Gasteiger partial charge in [-0.3, -0.25) is 34.6 Å². The number of nitro benzene ring substituents is 2. The molecule has 2 aromatic rings. The van der Waals surface area contributed by atoms with Crippen molar-refractivity contribution < 1.29 is 38.2 Å². The number of amides is 1. The van der Waals surface area contributed by atoms with E-state index in [1.54, 1.807) is 17.0 Å². The Kier molecular flexibility index (Phi) is 17.9. The van der Waals surface area contributed by atoms with E-state index in [1.807, 2.05) is 20.8 Å². The van der Waals surface area contributed by atoms with Crippen LogP contribution in [0.5, 0.6) is 0 Å². The monoisotopic (exact) mass is 695 g/mol. The van der Waals surface area contributed by atoms with E-state index in [-0.39, 0.29) is 41.4 Å². The molecule has 5 rings (SSSR count). The van der Waals surface area contributed by atoms with Crippen LogP contribution in [0.25, 0.3) is 0 Å². The van der Waals surface area contributed by atoms with Gasteiger partial charge in [0.05, 0.1) is 9.85 Å². The molecule has 264 valence electrons. The van der Waals surface area contributed by atoms with Crippen molar-refractivity contribution in [2.75, 3.05) is 44.2 Å². The molecule has 2 aromatic carbocycles. The minimum absolute atomic E-state index is 0. The molecule has 0 aromatic heterocycles. The highest BCUT2D eigenvalue weighted by Crippen LogP contribution is 2.21. The lowest BCUT2D eigenvalue weighted by molar-refractivity contribution is -0.385. The zero-order valence-electron chi connectivity index (χ0n) is 27.4. The van der Waals surface area contributed by atoms with Crippen molar-refractivity contribution in [3.8, 4) is 0 Å². The Labute approximate surface area is 284 Å². The summed E-state index contributed by atoms with van der Waals surface area (Å²) in [5.74, 6) is 0.451. The third kappa shape index (κ3) is 16.4. The molecule has 3 aliphatic heterocycles. The number of piperidine rings is 3. The van der Waals surface area contributed by atoms with Crippen LogP contribution in [-0.2, 0) is 19.1 Å². The number of nitrogens with one attached hydrogen (secondary N) is 1. The van der Waals surface area contributed by atoms with Gasteiger partial charge in [0.1, 0.15) is 28.8 Å². The number of halogens is 2. The van der Waals surface area contributed by atoms with Crippen LogP contribution in [0.4, 0.5) is 26.2 Å². The Hall–Kier alpha value is -4.50. The number of Topliss-reactive ketones (excluding diaryl/α,β-unsaturated/α-hetero) is 3. The van der Waals surface area contributed by atoms with Crippen molar-refractivity contribution in [2.24, 2.45) is 0 Å². The number of non-ortho nitro benzene ring substituents is 2. The Balaban J connectivity index is 0.000000330. The number of hydrogen-bond donors (Lipinski definition) is 1. The van der Waals surface area contributed by atoms with Crippen LogP contribution >= 0.6 is 12.4 Å². The first kappa shape index (κ1) is 41.5. The van der Waals surface area contributed by atoms with Crippen LogP contribution < -0.4 is 10.2 Å². The summed E-state index contributed by atoms with van der Waals surface area (Å²) in [6.07, 6.45) is 3.21. The summed E-state index contributed by atoms with van der Waals surface area (Å²) >= 11 is 0. The predicted octanol–water partition coefficient (Wildman–Crippen LogP) is 5.45. The van der Waals surface area contributed by atoms with Crippen molar-refractivity contribution >= 4 is 52.9 Å². The average molecular weight is 696 g/mol. The zero-order valence-corrected chi connectivity index (χ0v) is 28.2. The van der Waals surface area contributed by atoms with Gasteiger partial charge in [0.15, 0.2) is 0 Å². The number of nitrogens with zero attached hydrogens (tertiary/aromatic N) is 4. The Morgan fingerprint density at radius 1 is 0.729 bits per heavy atom. The first-order chi connectivity index (χ1) is 22.1. The number of ether oxygens (including phenoxy) is 1. The molecule has 3 saturated heterocycles. The fourth-order valence-corrected chi connectivity index (χ4v) is 4.33. The molecule has 16 heteroatoms. The van der Waals surface area contributed by atoms with Crippen molar-refractivity contribution in [1.29, 1.82) is 0 Å². The zero-order chi connectivity index (χ0) is 35.0. The van der Waals surface area contributed by atoms with Crippen molar-refractivity contribution in [3.63, 3.8) is 0 Å². The van der Waals surface area contributed by atoms with Crippen LogP contribution in [0.1, 0.15) is 59.3 Å². The van der Waals surface area contributed by atoms with E-state index >= 15 is 0 Å². The molecule has 48 heavy (non-hydrogen) atoms. The van der Waals surface area contributed by atoms with Gasteiger partial charge >= 0.3 is 6.09 Å². The largest absolute Gasteiger partial charge is 0.444 e. The second-order valence-electron chi connectivity index (χ2n) is 11.8. The number of benzene rings is 2. The van der Waals surface area contributed by atoms with Gasteiger partial charge in [-0.1, -0.05) is 0 Å². The van der Waals surface area contributed by atoms with E-state index in [2.05, 4.69) is 10.2 Å². The van der Waals surface area contributed by atoms with Gasteiger partial charge in [0, 0.05) is 108 Å². The van der Waals surface area contributed by atoms with E-state index in [1.165, 1.54) is 12.1 Å². The van der Waals surface area contributed by atoms with E-state index in [9.17, 15) is 43.8 Å². The molecular formula is C32H43ClFN5O9. The van der Waals surface area contributed by atoms with Crippen molar-refractivity contribution in [2.45, 2.75) is 64.9 Å². The van der Waals surface area contributed by atoms with Crippen LogP contribution in [0.2, 0.25) is 0 Å². The third-order valence-corrected chi connectivity index (χ3v) is 6.92. The standard InChI is InChI=1S/C11H12N2O3.C10H17NO3.C6H4FNO2.C5H9NO.ClH/c14-11-5-7-12(8-6-11)9-1-3-10(4-2-9)13(15)16;1-10(2,3)14-9(13)11-6-4-8(12)5-7-11;7-5-1-3-6(4-2-5)8(9)10;7-5-1-3-6-4-2-5;/h1-4H,5-8H2;4-7H2,1-3H3;1-4H;6H,1-4H2;1H. The maximum Gasteiger partial charge on any atom is 0.410 e. The summed E-state index contributed by atoms with van der Waals surface area (Å²) in [5, 5.41) is 23.6. The fraction of sp³-hybridized carbons (Fsp3) is 0.500. The molecule has 3 heterocycles. The molecule has 0 bridgehead atoms. The third-order valence-electron chi connectivity index (χ3n) is 6.92. The lowest BCUT2D eigenvalue weighted by Gasteiger charge is -2.29. The molecule has 0 spiro atoms. The lowest BCUT2D eigenvalue weighted by atomic mass is 10.1. The quantitative estimate of drug-likeness (QED) is 0.319. The number of ketones is 3. The normalized spacial score (nSPS) is 16.0. The van der Waals surface area contributed by atoms with Crippen molar-refractivity contribution in [3.05, 3.63) is 74.6 Å². The number of anilines is 1. The van der Waals surface area contributed by atoms with Gasteiger partial charge in [-0.25, -0.2) is 9.18 Å². The smallest absolute Gasteiger partial charge is 0.410 e. The molecule has 0 aliphatic carbocycles. The Morgan fingerprint density at radius 3 is 1.50 bits per heavy atom. The van der Waals surface area contributed by atoms with E-state index < -0.39 is 21.3 Å². The predicted molar refractivity (Wildman–Crippen MR) is 179 cm³/mol. The summed E-state index contributed by atoms with van der Waals surface area (Å²) in [6, 6.07) is 10.8. The summed E-state index contributed by atoms with van der Waals surface area (Å²) in [4.78, 5) is 67.1. The Bertz CT molecular complexity index is 1360. The van der Waals surface area contributed by atoms with Gasteiger partial charge < -0.3 is 19.9 Å². The molecule has 1 amide bonds. The van der Waals surface area contributed by atoms with Crippen LogP contribution in [-0.4, -0.2) is 83.1 Å². The summed E-state index contributed by atoms with van der Waals surface area (Å²) in [7, 11) is 0. The average Bonchev–Trinajstić information content (AvgIpc) is 3.02. The second kappa shape index (κ2) is 20.7. The highest BCUT2D eigenvalue weighted by molar-refractivity contribution is 5.85. The maximum absolute atomic E-state index is 12.1. The topological polar surface area (TPSA) is 182 Å². The fourth-order valence-electron chi connectivity index (χ4n) is 4.33. The van der Waals surface area contributed by atoms with E-state index in [4.69, 9.17) is 4.74 Å². The van der Waals surface area contributed by atoms with Crippen LogP contribution in [0.15, 0.2) is 48.5 Å². The highest BCUT2D eigenvalue weighted by Gasteiger charge is 2.25. The van der Waals surface area contributed by atoms with Gasteiger partial charge in [0.25, 0.3) is 11.4 Å². The summed E-state index contributed by atoms with van der Waals surface area (Å²) in [5.41, 5.74) is 0.481. The molecule has 0 atom stereocenters. The summed E-state index contributed by atoms with van der Waals surface area (Å²) < 4.78 is 17.3. The molecule has 3 fully saturated rings. The molecule has 1 N–H and O–H groups in total. The summed E-state index contributed by atoms with van der Waals surface area (Å²) in [6.45, 7) is 9.67. The number of likely N-dealkylation sites (tertiary alicyclic amines) is 1. The molecule has 0 saturated carbocycles. The minimum atomic E-state index is -0.570. The van der Waals surface area contributed by atoms with Gasteiger partial charge in [-0.05, 0) is 45.0 Å². The first-order valence-corrected chi connectivity index (χ1v) is 15.3. The van der Waals surface area contributed by atoms with E-state index in [0.717, 1.165) is 55.9 Å². The number of nitro groups is 2. The SMILES string of the molecule is CC(C)(C)OC(=O)N1CCC(=O)CC1.Cl.O=C1CCN(c2ccc([N+](=O)[O-])cc2)CC1.O=C1CCNCC1.O=[N+]([O-])c1ccc(F)cc1. The van der Waals surface area contributed by atoms with Gasteiger partial charge in [-0.15, -0.1) is 12.4 Å². The van der Waals surface area contributed by atoms with Gasteiger partial charge in [-0.2, -0.15) is 0 Å². The molecule has 3 aliphatic rings. The van der Waals surface area contributed by atoms with Gasteiger partial charge in [0.2, 0.25) is 0 Å². The van der Waals surface area contributed by atoms with Crippen molar-refractivity contribution in [1.82, 2.24) is 10.2 Å². The molecular weight excluding hydrogens is 653 g/mol. The Morgan fingerprint density at radius 2 is 1.12 bits per heavy atom. The number of carbonyl (C=O) groups is 4. The van der Waals surface area contributed by atoms with E-state index in [0.29, 0.717) is 57.6 Å². The number of carbonyl (C=O) groups excluding carboxylic acids is 4. The molecule has 0 unspecified atom stereocenters. The lowest BCUT2D eigenvalue weighted by Crippen LogP contribution is -2.41. The number of hydrogen-bond acceptors (Lipinski definition) is 11. The molecule has 0 radical (unpaired) electrons. The minimum Gasteiger partial charge on any atom is -0.444 e. The number of rotatable bonds is 3.